The maximum atomic E-state index is 10.8. The van der Waals surface area contributed by atoms with Gasteiger partial charge in [0.15, 0.2) is 0 Å². The standard InChI is InChI=1S/C12H13N3O3/c13-6-9-3-4-10(5-11(9)15(17)18)14-7-12(16)8-1-2-8/h3-5,8,12,14,16H,1-2,7H2. The zero-order valence-electron chi connectivity index (χ0n) is 9.67. The fraction of sp³-hybridized carbons (Fsp3) is 0.417. The quantitative estimate of drug-likeness (QED) is 0.608. The average Bonchev–Trinajstić information content (AvgIpc) is 3.19. The number of nitrogens with zero attached hydrogens (tertiary/aromatic N) is 2. The molecular weight excluding hydrogens is 234 g/mol. The number of hydrogen-bond donors (Lipinski definition) is 2. The summed E-state index contributed by atoms with van der Waals surface area (Å²) in [5.74, 6) is 0.353. The topological polar surface area (TPSA) is 99.2 Å². The van der Waals surface area contributed by atoms with Gasteiger partial charge in [-0.1, -0.05) is 0 Å². The number of anilines is 1. The minimum atomic E-state index is -0.582. The number of rotatable bonds is 5. The molecule has 1 aliphatic carbocycles. The molecule has 6 nitrogen and oxygen atoms in total. The minimum Gasteiger partial charge on any atom is -0.391 e. The minimum absolute atomic E-state index is 0.0355. The van der Waals surface area contributed by atoms with Crippen molar-refractivity contribution in [2.75, 3.05) is 11.9 Å². The van der Waals surface area contributed by atoms with E-state index < -0.39 is 11.0 Å². The van der Waals surface area contributed by atoms with Crippen LogP contribution in [0.5, 0.6) is 0 Å². The van der Waals surface area contributed by atoms with E-state index in [2.05, 4.69) is 5.32 Å². The van der Waals surface area contributed by atoms with E-state index in [9.17, 15) is 15.2 Å². The van der Waals surface area contributed by atoms with Gasteiger partial charge in [0.2, 0.25) is 0 Å². The monoisotopic (exact) mass is 247 g/mol. The summed E-state index contributed by atoms with van der Waals surface area (Å²) in [5, 5.41) is 32.1. The molecule has 0 spiro atoms. The molecule has 1 fully saturated rings. The van der Waals surface area contributed by atoms with Gasteiger partial charge in [0.05, 0.1) is 11.0 Å². The van der Waals surface area contributed by atoms with E-state index in [1.54, 1.807) is 12.1 Å². The molecule has 0 aliphatic heterocycles. The molecule has 0 aromatic heterocycles. The van der Waals surface area contributed by atoms with Gasteiger partial charge in [-0.05, 0) is 30.9 Å². The maximum absolute atomic E-state index is 10.8. The van der Waals surface area contributed by atoms with Crippen LogP contribution in [-0.2, 0) is 0 Å². The molecule has 2 N–H and O–H groups in total. The summed E-state index contributed by atoms with van der Waals surface area (Å²) < 4.78 is 0. The van der Waals surface area contributed by atoms with E-state index in [4.69, 9.17) is 5.26 Å². The Hall–Kier alpha value is -2.13. The smallest absolute Gasteiger partial charge is 0.289 e. The highest BCUT2D eigenvalue weighted by molar-refractivity contribution is 5.59. The van der Waals surface area contributed by atoms with Crippen LogP contribution in [0.2, 0.25) is 0 Å². The molecule has 6 heteroatoms. The molecule has 1 aliphatic rings. The molecule has 2 rings (SSSR count). The zero-order valence-corrected chi connectivity index (χ0v) is 9.67. The molecule has 0 bridgehead atoms. The lowest BCUT2D eigenvalue weighted by Gasteiger charge is -2.11. The number of benzene rings is 1. The predicted octanol–water partition coefficient (Wildman–Crippen LogP) is 1.65. The zero-order chi connectivity index (χ0) is 13.1. The summed E-state index contributed by atoms with van der Waals surface area (Å²) in [7, 11) is 0. The molecule has 0 amide bonds. The Morgan fingerprint density at radius 3 is 2.89 bits per heavy atom. The lowest BCUT2D eigenvalue weighted by molar-refractivity contribution is -0.385. The molecule has 0 heterocycles. The van der Waals surface area contributed by atoms with Crippen molar-refractivity contribution in [2.24, 2.45) is 5.92 Å². The van der Waals surface area contributed by atoms with Crippen molar-refractivity contribution in [2.45, 2.75) is 18.9 Å². The van der Waals surface area contributed by atoms with Crippen LogP contribution in [0.25, 0.3) is 0 Å². The molecule has 1 aromatic carbocycles. The third-order valence-electron chi connectivity index (χ3n) is 3.00. The Balaban J connectivity index is 2.06. The average molecular weight is 247 g/mol. The van der Waals surface area contributed by atoms with Crippen molar-refractivity contribution in [1.29, 1.82) is 5.26 Å². The molecule has 1 unspecified atom stereocenters. The number of nitrogens with one attached hydrogen (secondary N) is 1. The summed E-state index contributed by atoms with van der Waals surface area (Å²) in [4.78, 5) is 10.2. The first-order valence-electron chi connectivity index (χ1n) is 5.72. The Morgan fingerprint density at radius 1 is 1.61 bits per heavy atom. The Bertz CT molecular complexity index is 506. The van der Waals surface area contributed by atoms with Gasteiger partial charge in [0, 0.05) is 18.3 Å². The van der Waals surface area contributed by atoms with Crippen molar-refractivity contribution in [3.05, 3.63) is 33.9 Å². The highest BCUT2D eigenvalue weighted by Crippen LogP contribution is 2.32. The summed E-state index contributed by atoms with van der Waals surface area (Å²) >= 11 is 0. The number of nitro groups is 1. The number of nitro benzene ring substituents is 1. The Morgan fingerprint density at radius 2 is 2.33 bits per heavy atom. The van der Waals surface area contributed by atoms with E-state index in [0.29, 0.717) is 18.2 Å². The van der Waals surface area contributed by atoms with Gasteiger partial charge in [-0.15, -0.1) is 0 Å². The van der Waals surface area contributed by atoms with Gasteiger partial charge in [-0.25, -0.2) is 0 Å². The van der Waals surface area contributed by atoms with Crippen LogP contribution in [0, 0.1) is 27.4 Å². The fourth-order valence-corrected chi connectivity index (χ4v) is 1.76. The van der Waals surface area contributed by atoms with Crippen LogP contribution >= 0.6 is 0 Å². The third kappa shape index (κ3) is 2.76. The van der Waals surface area contributed by atoms with E-state index >= 15 is 0 Å². The molecule has 0 saturated heterocycles. The normalized spacial score (nSPS) is 15.8. The molecular formula is C12H13N3O3. The molecule has 94 valence electrons. The number of aliphatic hydroxyl groups is 1. The van der Waals surface area contributed by atoms with E-state index in [-0.39, 0.29) is 11.3 Å². The highest BCUT2D eigenvalue weighted by Gasteiger charge is 2.29. The lowest BCUT2D eigenvalue weighted by Crippen LogP contribution is -2.21. The number of nitriles is 1. The van der Waals surface area contributed by atoms with Crippen LogP contribution in [0.15, 0.2) is 18.2 Å². The van der Waals surface area contributed by atoms with Gasteiger partial charge in [-0.3, -0.25) is 10.1 Å². The van der Waals surface area contributed by atoms with E-state index in [1.807, 2.05) is 0 Å². The van der Waals surface area contributed by atoms with Gasteiger partial charge in [0.25, 0.3) is 5.69 Å². The first-order valence-corrected chi connectivity index (χ1v) is 5.72. The second kappa shape index (κ2) is 5.02. The predicted molar refractivity (Wildman–Crippen MR) is 65.0 cm³/mol. The van der Waals surface area contributed by atoms with Gasteiger partial charge in [0.1, 0.15) is 11.6 Å². The van der Waals surface area contributed by atoms with Crippen molar-refractivity contribution in [1.82, 2.24) is 0 Å². The highest BCUT2D eigenvalue weighted by atomic mass is 16.6. The third-order valence-corrected chi connectivity index (χ3v) is 3.00. The van der Waals surface area contributed by atoms with Crippen molar-refractivity contribution in [3.8, 4) is 6.07 Å². The SMILES string of the molecule is N#Cc1ccc(NCC(O)C2CC2)cc1[N+](=O)[O-]. The number of aliphatic hydroxyl groups excluding tert-OH is 1. The number of hydrogen-bond acceptors (Lipinski definition) is 5. The first kappa shape index (κ1) is 12.3. The van der Waals surface area contributed by atoms with Crippen LogP contribution in [0.3, 0.4) is 0 Å². The molecule has 0 radical (unpaired) electrons. The summed E-state index contributed by atoms with van der Waals surface area (Å²) in [6, 6.07) is 6.11. The molecule has 1 aromatic rings. The van der Waals surface area contributed by atoms with Gasteiger partial charge < -0.3 is 10.4 Å². The largest absolute Gasteiger partial charge is 0.391 e. The van der Waals surface area contributed by atoms with E-state index in [0.717, 1.165) is 12.8 Å². The fourth-order valence-electron chi connectivity index (χ4n) is 1.76. The Labute approximate surface area is 104 Å². The van der Waals surface area contributed by atoms with Crippen molar-refractivity contribution < 1.29 is 10.0 Å². The van der Waals surface area contributed by atoms with Crippen LogP contribution in [-0.4, -0.2) is 22.7 Å². The van der Waals surface area contributed by atoms with Crippen molar-refractivity contribution in [3.63, 3.8) is 0 Å². The second-order valence-electron chi connectivity index (χ2n) is 4.39. The first-order chi connectivity index (χ1) is 8.61. The van der Waals surface area contributed by atoms with Gasteiger partial charge >= 0.3 is 0 Å². The van der Waals surface area contributed by atoms with Crippen LogP contribution in [0.4, 0.5) is 11.4 Å². The van der Waals surface area contributed by atoms with Crippen LogP contribution < -0.4 is 5.32 Å². The lowest BCUT2D eigenvalue weighted by atomic mass is 10.1. The second-order valence-corrected chi connectivity index (χ2v) is 4.39. The molecule has 1 saturated carbocycles. The van der Waals surface area contributed by atoms with E-state index in [1.165, 1.54) is 12.1 Å². The van der Waals surface area contributed by atoms with Crippen LogP contribution in [0.1, 0.15) is 18.4 Å². The Kier molecular flexibility index (Phi) is 3.44. The molecule has 18 heavy (non-hydrogen) atoms. The maximum Gasteiger partial charge on any atom is 0.289 e. The van der Waals surface area contributed by atoms with Gasteiger partial charge in [-0.2, -0.15) is 5.26 Å². The summed E-state index contributed by atoms with van der Waals surface area (Å²) in [6.07, 6.45) is 1.66. The summed E-state index contributed by atoms with van der Waals surface area (Å²) in [6.45, 7) is 0.369. The summed E-state index contributed by atoms with van der Waals surface area (Å²) in [5.41, 5.74) is 0.358. The molecule has 1 atom stereocenters. The van der Waals surface area contributed by atoms with Crippen molar-refractivity contribution >= 4 is 11.4 Å².